The number of hydrogen-bond donors (Lipinski definition) is 1. The van der Waals surface area contributed by atoms with Gasteiger partial charge in [0, 0.05) is 23.7 Å². The van der Waals surface area contributed by atoms with Crippen LogP contribution in [0.15, 0.2) is 76.9 Å². The smallest absolute Gasteiger partial charge is 0.301 e. The first-order chi connectivity index (χ1) is 20.9. The topological polar surface area (TPSA) is 115 Å². The molecule has 1 aliphatic heterocycles. The second-order valence-corrected chi connectivity index (χ2v) is 11.8. The van der Waals surface area contributed by atoms with Gasteiger partial charge in [0.1, 0.15) is 11.6 Å². The normalized spacial score (nSPS) is 16.1. The van der Waals surface area contributed by atoms with E-state index >= 15 is 0 Å². The minimum atomic E-state index is -1.01. The molecule has 1 N–H and O–H groups in total. The molecule has 0 saturated carbocycles. The highest BCUT2D eigenvalue weighted by Crippen LogP contribution is 2.45. The van der Waals surface area contributed by atoms with Gasteiger partial charge in [0.25, 0.3) is 5.78 Å². The standard InChI is InChI=1S/C31H29FN4O5S2/c1-3-4-5-16-41-23-11-8-21(17-24(23)40-2)26-25(27(37)20-12-14-33-15-13-20)28(38)29(39)36(26)30-34-35-31(43-30)42-18-19-6-9-22(32)10-7-19/h6-15,17,26,37H,3-5,16,18H2,1-2H3/b27-25+. The van der Waals surface area contributed by atoms with Crippen LogP contribution in [0, 0.1) is 5.82 Å². The number of nitrogens with zero attached hydrogens (tertiary/aromatic N) is 4. The Balaban J connectivity index is 1.52. The average Bonchev–Trinajstić information content (AvgIpc) is 3.60. The van der Waals surface area contributed by atoms with Crippen LogP contribution < -0.4 is 14.4 Å². The Labute approximate surface area is 256 Å². The van der Waals surface area contributed by atoms with Gasteiger partial charge < -0.3 is 14.6 Å². The Morgan fingerprint density at radius 1 is 1.05 bits per heavy atom. The van der Waals surface area contributed by atoms with E-state index in [9.17, 15) is 19.1 Å². The maximum absolute atomic E-state index is 13.5. The fourth-order valence-electron chi connectivity index (χ4n) is 4.60. The molecular formula is C31H29FN4O5S2. The van der Waals surface area contributed by atoms with Gasteiger partial charge in [-0.25, -0.2) is 4.39 Å². The van der Waals surface area contributed by atoms with Crippen LogP contribution >= 0.6 is 23.1 Å². The molecule has 222 valence electrons. The van der Waals surface area contributed by atoms with E-state index in [4.69, 9.17) is 9.47 Å². The first kappa shape index (κ1) is 30.2. The van der Waals surface area contributed by atoms with Crippen LogP contribution in [0.2, 0.25) is 0 Å². The molecule has 1 unspecified atom stereocenters. The van der Waals surface area contributed by atoms with Crippen LogP contribution in [0.4, 0.5) is 9.52 Å². The van der Waals surface area contributed by atoms with E-state index < -0.39 is 17.7 Å². The summed E-state index contributed by atoms with van der Waals surface area (Å²) in [6, 6.07) is 13.4. The fraction of sp³-hybridized carbons (Fsp3) is 0.258. The molecule has 0 spiro atoms. The summed E-state index contributed by atoms with van der Waals surface area (Å²) in [4.78, 5) is 32.3. The number of benzene rings is 2. The highest BCUT2D eigenvalue weighted by Gasteiger charge is 2.48. The number of ether oxygens (including phenoxy) is 2. The summed E-state index contributed by atoms with van der Waals surface area (Å²) in [6.07, 6.45) is 5.97. The summed E-state index contributed by atoms with van der Waals surface area (Å²) < 4.78 is 25.4. The summed E-state index contributed by atoms with van der Waals surface area (Å²) in [7, 11) is 1.52. The Morgan fingerprint density at radius 2 is 1.81 bits per heavy atom. The third kappa shape index (κ3) is 6.70. The maximum Gasteiger partial charge on any atom is 0.301 e. The fourth-order valence-corrected chi connectivity index (χ4v) is 6.43. The molecule has 3 heterocycles. The number of thioether (sulfide) groups is 1. The third-order valence-corrected chi connectivity index (χ3v) is 8.91. The Bertz CT molecular complexity index is 1630. The molecule has 9 nitrogen and oxygen atoms in total. The number of halogens is 1. The van der Waals surface area contributed by atoms with Crippen molar-refractivity contribution >= 4 is 45.7 Å². The minimum absolute atomic E-state index is 0.0921. The van der Waals surface area contributed by atoms with Crippen LogP contribution in [0.1, 0.15) is 48.9 Å². The molecule has 4 aromatic rings. The third-order valence-electron chi connectivity index (χ3n) is 6.78. The molecule has 1 saturated heterocycles. The summed E-state index contributed by atoms with van der Waals surface area (Å²) in [5.41, 5.74) is 1.66. The lowest BCUT2D eigenvalue weighted by atomic mass is 9.95. The zero-order valence-electron chi connectivity index (χ0n) is 23.5. The summed E-state index contributed by atoms with van der Waals surface area (Å²) in [5.74, 6) is -0.875. The summed E-state index contributed by atoms with van der Waals surface area (Å²) in [5, 5.41) is 20.0. The van der Waals surface area contributed by atoms with E-state index in [0.29, 0.717) is 39.3 Å². The van der Waals surface area contributed by atoms with Gasteiger partial charge in [-0.1, -0.05) is 61.1 Å². The number of aromatic nitrogens is 3. The van der Waals surface area contributed by atoms with E-state index in [1.165, 1.54) is 48.3 Å². The molecule has 0 aliphatic carbocycles. The highest BCUT2D eigenvalue weighted by molar-refractivity contribution is 8.00. The number of carbonyl (C=O) groups is 2. The lowest BCUT2D eigenvalue weighted by Gasteiger charge is -2.23. The quantitative estimate of drug-likeness (QED) is 0.0469. The number of anilines is 1. The molecule has 43 heavy (non-hydrogen) atoms. The molecule has 1 aliphatic rings. The first-order valence-electron chi connectivity index (χ1n) is 13.6. The van der Waals surface area contributed by atoms with Crippen molar-refractivity contribution in [3.63, 3.8) is 0 Å². The van der Waals surface area contributed by atoms with E-state index in [-0.39, 0.29) is 22.3 Å². The predicted molar refractivity (Wildman–Crippen MR) is 163 cm³/mol. The van der Waals surface area contributed by atoms with Crippen molar-refractivity contribution in [3.05, 3.63) is 95.1 Å². The number of amides is 1. The lowest BCUT2D eigenvalue weighted by molar-refractivity contribution is -0.132. The number of ketones is 1. The number of aliphatic hydroxyl groups excluding tert-OH is 1. The van der Waals surface area contributed by atoms with Crippen LogP contribution in [0.5, 0.6) is 11.5 Å². The lowest BCUT2D eigenvalue weighted by Crippen LogP contribution is -2.29. The number of Topliss-reactive ketones (excluding diaryl/α,β-unsaturated/α-hetero) is 1. The van der Waals surface area contributed by atoms with Crippen LogP contribution in [-0.2, 0) is 15.3 Å². The zero-order valence-corrected chi connectivity index (χ0v) is 25.2. The SMILES string of the molecule is CCCCCOc1ccc(C2/C(=C(\O)c3ccncc3)C(=O)C(=O)N2c2nnc(SCc3ccc(F)cc3)s2)cc1OC. The van der Waals surface area contributed by atoms with Gasteiger partial charge in [-0.15, -0.1) is 10.2 Å². The van der Waals surface area contributed by atoms with Crippen LogP contribution in [0.25, 0.3) is 5.76 Å². The summed E-state index contributed by atoms with van der Waals surface area (Å²) >= 11 is 2.52. The first-order valence-corrected chi connectivity index (χ1v) is 15.4. The number of unbranched alkanes of at least 4 members (excludes halogenated alkanes) is 2. The molecule has 12 heteroatoms. The minimum Gasteiger partial charge on any atom is -0.507 e. The van der Waals surface area contributed by atoms with Crippen molar-refractivity contribution in [2.45, 2.75) is 42.3 Å². The van der Waals surface area contributed by atoms with E-state index in [2.05, 4.69) is 22.1 Å². The molecular weight excluding hydrogens is 591 g/mol. The Morgan fingerprint density at radius 3 is 2.53 bits per heavy atom. The van der Waals surface area contributed by atoms with Gasteiger partial charge in [0.2, 0.25) is 5.13 Å². The molecule has 2 aromatic heterocycles. The van der Waals surface area contributed by atoms with Gasteiger partial charge in [-0.2, -0.15) is 0 Å². The number of methoxy groups -OCH3 is 1. The molecule has 2 aromatic carbocycles. The number of aliphatic hydroxyl groups is 1. The molecule has 0 bridgehead atoms. The Kier molecular flexibility index (Phi) is 9.68. The van der Waals surface area contributed by atoms with Gasteiger partial charge >= 0.3 is 5.91 Å². The van der Waals surface area contributed by atoms with Crippen molar-refractivity contribution in [1.82, 2.24) is 15.2 Å². The van der Waals surface area contributed by atoms with E-state index in [1.807, 2.05) is 0 Å². The number of hydrogen-bond acceptors (Lipinski definition) is 10. The molecule has 1 amide bonds. The average molecular weight is 621 g/mol. The van der Waals surface area contributed by atoms with Crippen molar-refractivity contribution in [2.75, 3.05) is 18.6 Å². The van der Waals surface area contributed by atoms with E-state index in [0.717, 1.165) is 36.2 Å². The molecule has 0 radical (unpaired) electrons. The number of rotatable bonds is 12. The second-order valence-electron chi connectivity index (χ2n) is 9.64. The monoisotopic (exact) mass is 620 g/mol. The van der Waals surface area contributed by atoms with Gasteiger partial charge in [0.05, 0.1) is 25.3 Å². The largest absolute Gasteiger partial charge is 0.507 e. The van der Waals surface area contributed by atoms with Crippen molar-refractivity contribution < 1.29 is 28.6 Å². The van der Waals surface area contributed by atoms with Crippen molar-refractivity contribution in [3.8, 4) is 11.5 Å². The van der Waals surface area contributed by atoms with Gasteiger partial charge in [-0.05, 0) is 53.9 Å². The van der Waals surface area contributed by atoms with Crippen molar-refractivity contribution in [2.24, 2.45) is 0 Å². The van der Waals surface area contributed by atoms with Gasteiger partial charge in [-0.3, -0.25) is 19.5 Å². The van der Waals surface area contributed by atoms with Gasteiger partial charge in [0.15, 0.2) is 15.8 Å². The van der Waals surface area contributed by atoms with E-state index in [1.54, 1.807) is 42.5 Å². The molecule has 1 fully saturated rings. The van der Waals surface area contributed by atoms with Crippen molar-refractivity contribution in [1.29, 1.82) is 0 Å². The molecule has 1 atom stereocenters. The zero-order chi connectivity index (χ0) is 30.3. The predicted octanol–water partition coefficient (Wildman–Crippen LogP) is 6.57. The summed E-state index contributed by atoms with van der Waals surface area (Å²) in [6.45, 7) is 2.64. The number of pyridine rings is 1. The highest BCUT2D eigenvalue weighted by atomic mass is 32.2. The van der Waals surface area contributed by atoms with Crippen LogP contribution in [-0.4, -0.2) is 45.7 Å². The molecule has 5 rings (SSSR count). The second kappa shape index (κ2) is 13.8. The Hall–Kier alpha value is -4.29. The maximum atomic E-state index is 13.5. The number of carbonyl (C=O) groups excluding carboxylic acids is 2. The van der Waals surface area contributed by atoms with Crippen LogP contribution in [0.3, 0.4) is 0 Å².